The van der Waals surface area contributed by atoms with Crippen molar-refractivity contribution in [2.24, 2.45) is 5.73 Å². The van der Waals surface area contributed by atoms with E-state index in [1.165, 1.54) is 12.1 Å². The highest BCUT2D eigenvalue weighted by molar-refractivity contribution is 7.99. The van der Waals surface area contributed by atoms with E-state index in [0.29, 0.717) is 22.2 Å². The highest BCUT2D eigenvalue weighted by Gasteiger charge is 2.19. The van der Waals surface area contributed by atoms with Crippen LogP contribution in [0.15, 0.2) is 84.0 Å². The smallest absolute Gasteiger partial charge is 0.250 e. The first kappa shape index (κ1) is 21.3. The third kappa shape index (κ3) is 4.52. The second-order valence-corrected chi connectivity index (χ2v) is 7.65. The van der Waals surface area contributed by atoms with Crippen molar-refractivity contribution in [2.45, 2.75) is 5.16 Å². The molecule has 0 aliphatic carbocycles. The number of thioether (sulfide) groups is 1. The number of carbonyl (C=O) groups is 2. The van der Waals surface area contributed by atoms with Crippen LogP contribution in [0.1, 0.15) is 10.4 Å². The summed E-state index contributed by atoms with van der Waals surface area (Å²) in [6, 6.07) is 22.1. The van der Waals surface area contributed by atoms with E-state index < -0.39 is 11.7 Å². The second-order valence-electron chi connectivity index (χ2n) is 6.70. The Labute approximate surface area is 187 Å². The average Bonchev–Trinajstić information content (AvgIpc) is 3.22. The lowest BCUT2D eigenvalue weighted by Crippen LogP contribution is -2.19. The number of rotatable bonds is 7. The number of amides is 2. The number of hydrogen-bond acceptors (Lipinski definition) is 5. The molecule has 0 atom stereocenters. The van der Waals surface area contributed by atoms with Gasteiger partial charge in [0.1, 0.15) is 5.82 Å². The van der Waals surface area contributed by atoms with E-state index in [1.807, 2.05) is 30.3 Å². The highest BCUT2D eigenvalue weighted by atomic mass is 32.2. The maximum absolute atomic E-state index is 14.4. The first-order chi connectivity index (χ1) is 15.5. The highest BCUT2D eigenvalue weighted by Crippen LogP contribution is 2.29. The molecular weight excluding hydrogens is 429 g/mol. The lowest BCUT2D eigenvalue weighted by Gasteiger charge is -2.11. The molecule has 32 heavy (non-hydrogen) atoms. The van der Waals surface area contributed by atoms with Crippen LogP contribution in [0, 0.1) is 5.82 Å². The lowest BCUT2D eigenvalue weighted by molar-refractivity contribution is -0.113. The number of hydrogen-bond donors (Lipinski definition) is 2. The van der Waals surface area contributed by atoms with E-state index in [-0.39, 0.29) is 17.2 Å². The molecule has 2 amide bonds. The van der Waals surface area contributed by atoms with Crippen LogP contribution < -0.4 is 11.1 Å². The predicted octanol–water partition coefficient (Wildman–Crippen LogP) is 3.90. The molecule has 0 aliphatic rings. The van der Waals surface area contributed by atoms with E-state index in [0.717, 1.165) is 17.4 Å². The van der Waals surface area contributed by atoms with Crippen LogP contribution in [-0.2, 0) is 4.79 Å². The first-order valence-corrected chi connectivity index (χ1v) is 10.6. The summed E-state index contributed by atoms with van der Waals surface area (Å²) < 4.78 is 16.2. The summed E-state index contributed by atoms with van der Waals surface area (Å²) in [5.41, 5.74) is 6.96. The Hall–Kier alpha value is -3.98. The first-order valence-electron chi connectivity index (χ1n) is 9.62. The van der Waals surface area contributed by atoms with Crippen LogP contribution in [0.3, 0.4) is 0 Å². The van der Waals surface area contributed by atoms with Gasteiger partial charge >= 0.3 is 0 Å². The SMILES string of the molecule is NC(=O)c1ccccc1NC(=O)CSc1nnc(-c2ccccc2F)n1-c1ccccc1. The predicted molar refractivity (Wildman–Crippen MR) is 121 cm³/mol. The molecule has 3 N–H and O–H groups in total. The van der Waals surface area contributed by atoms with Crippen LogP contribution >= 0.6 is 11.8 Å². The quantitative estimate of drug-likeness (QED) is 0.418. The molecule has 0 radical (unpaired) electrons. The minimum Gasteiger partial charge on any atom is -0.366 e. The van der Waals surface area contributed by atoms with Gasteiger partial charge in [-0.05, 0) is 36.4 Å². The molecule has 1 heterocycles. The Morgan fingerprint density at radius 2 is 1.62 bits per heavy atom. The molecule has 0 saturated heterocycles. The summed E-state index contributed by atoms with van der Waals surface area (Å²) in [6.45, 7) is 0. The van der Waals surface area contributed by atoms with Gasteiger partial charge < -0.3 is 11.1 Å². The average molecular weight is 447 g/mol. The number of para-hydroxylation sites is 2. The summed E-state index contributed by atoms with van der Waals surface area (Å²) in [5, 5.41) is 11.5. The summed E-state index contributed by atoms with van der Waals surface area (Å²) >= 11 is 1.14. The Bertz CT molecular complexity index is 1280. The molecule has 4 rings (SSSR count). The Kier molecular flexibility index (Phi) is 6.27. The molecule has 0 aliphatic heterocycles. The Balaban J connectivity index is 1.60. The van der Waals surface area contributed by atoms with E-state index in [9.17, 15) is 14.0 Å². The van der Waals surface area contributed by atoms with Gasteiger partial charge in [0.2, 0.25) is 5.91 Å². The van der Waals surface area contributed by atoms with Gasteiger partial charge in [-0.1, -0.05) is 54.2 Å². The normalized spacial score (nSPS) is 10.7. The fourth-order valence-corrected chi connectivity index (χ4v) is 3.87. The number of aromatic nitrogens is 3. The molecule has 0 spiro atoms. The van der Waals surface area contributed by atoms with Crippen molar-refractivity contribution in [3.8, 4) is 17.1 Å². The molecule has 0 unspecified atom stereocenters. The summed E-state index contributed by atoms with van der Waals surface area (Å²) in [6.07, 6.45) is 0. The van der Waals surface area contributed by atoms with E-state index >= 15 is 0 Å². The molecule has 0 saturated carbocycles. The van der Waals surface area contributed by atoms with Crippen LogP contribution in [-0.4, -0.2) is 32.3 Å². The van der Waals surface area contributed by atoms with Gasteiger partial charge in [0.25, 0.3) is 5.91 Å². The van der Waals surface area contributed by atoms with Crippen molar-refractivity contribution in [3.05, 3.63) is 90.2 Å². The maximum atomic E-state index is 14.4. The molecule has 7 nitrogen and oxygen atoms in total. The summed E-state index contributed by atoms with van der Waals surface area (Å²) in [5.74, 6) is -1.08. The lowest BCUT2D eigenvalue weighted by atomic mass is 10.1. The largest absolute Gasteiger partial charge is 0.366 e. The van der Waals surface area contributed by atoms with Crippen molar-refractivity contribution in [2.75, 3.05) is 11.1 Å². The summed E-state index contributed by atoms with van der Waals surface area (Å²) in [7, 11) is 0. The number of nitrogens with zero attached hydrogens (tertiary/aromatic N) is 3. The van der Waals surface area contributed by atoms with Crippen LogP contribution in [0.5, 0.6) is 0 Å². The number of carbonyl (C=O) groups excluding carboxylic acids is 2. The fourth-order valence-electron chi connectivity index (χ4n) is 3.11. The molecule has 4 aromatic rings. The number of primary amides is 1. The standard InChI is InChI=1S/C23H18FN5O2S/c24-18-12-6-4-10-16(18)22-27-28-23(29(22)15-8-2-1-3-9-15)32-14-20(30)26-19-13-7-5-11-17(19)21(25)31/h1-13H,14H2,(H2,25,31)(H,26,30). The van der Waals surface area contributed by atoms with Crippen molar-refractivity contribution < 1.29 is 14.0 Å². The maximum Gasteiger partial charge on any atom is 0.250 e. The fraction of sp³-hybridized carbons (Fsp3) is 0.0435. The van der Waals surface area contributed by atoms with Gasteiger partial charge in [0, 0.05) is 5.69 Å². The van der Waals surface area contributed by atoms with Gasteiger partial charge in [-0.3, -0.25) is 14.2 Å². The van der Waals surface area contributed by atoms with Gasteiger partial charge in [-0.15, -0.1) is 10.2 Å². The molecule has 3 aromatic carbocycles. The minimum atomic E-state index is -0.632. The zero-order valence-corrected chi connectivity index (χ0v) is 17.6. The molecule has 160 valence electrons. The molecular formula is C23H18FN5O2S. The van der Waals surface area contributed by atoms with E-state index in [4.69, 9.17) is 5.73 Å². The van der Waals surface area contributed by atoms with Crippen LogP contribution in [0.4, 0.5) is 10.1 Å². The van der Waals surface area contributed by atoms with Crippen LogP contribution in [0.25, 0.3) is 17.1 Å². The van der Waals surface area contributed by atoms with Gasteiger partial charge in [0.15, 0.2) is 11.0 Å². The summed E-state index contributed by atoms with van der Waals surface area (Å²) in [4.78, 5) is 24.1. The number of anilines is 1. The molecule has 1 aromatic heterocycles. The monoisotopic (exact) mass is 447 g/mol. The zero-order chi connectivity index (χ0) is 22.5. The van der Waals surface area contributed by atoms with Crippen molar-refractivity contribution in [1.82, 2.24) is 14.8 Å². The molecule has 0 bridgehead atoms. The Morgan fingerprint density at radius 1 is 0.938 bits per heavy atom. The van der Waals surface area contributed by atoms with E-state index in [2.05, 4.69) is 15.5 Å². The van der Waals surface area contributed by atoms with Crippen molar-refractivity contribution in [3.63, 3.8) is 0 Å². The van der Waals surface area contributed by atoms with Crippen LogP contribution in [0.2, 0.25) is 0 Å². The van der Waals surface area contributed by atoms with Crippen molar-refractivity contribution in [1.29, 1.82) is 0 Å². The number of benzene rings is 3. The number of nitrogens with two attached hydrogens (primary N) is 1. The minimum absolute atomic E-state index is 0.00463. The van der Waals surface area contributed by atoms with E-state index in [1.54, 1.807) is 41.0 Å². The molecule has 0 fully saturated rings. The Morgan fingerprint density at radius 3 is 2.38 bits per heavy atom. The van der Waals surface area contributed by atoms with Crippen molar-refractivity contribution >= 4 is 29.3 Å². The van der Waals surface area contributed by atoms with Gasteiger partial charge in [-0.25, -0.2) is 4.39 Å². The topological polar surface area (TPSA) is 103 Å². The zero-order valence-electron chi connectivity index (χ0n) is 16.7. The number of nitrogens with one attached hydrogen (secondary N) is 1. The van der Waals surface area contributed by atoms with Gasteiger partial charge in [0.05, 0.1) is 22.6 Å². The molecule has 9 heteroatoms. The second kappa shape index (κ2) is 9.44. The van der Waals surface area contributed by atoms with Gasteiger partial charge in [-0.2, -0.15) is 0 Å². The third-order valence-corrected chi connectivity index (χ3v) is 5.49. The number of halogens is 1. The third-order valence-electron chi connectivity index (χ3n) is 4.56.